The Balaban J connectivity index is 1.59. The van der Waals surface area contributed by atoms with Crippen LogP contribution in [0.25, 0.3) is 0 Å². The maximum Gasteiger partial charge on any atom is 0.313 e. The van der Waals surface area contributed by atoms with E-state index in [9.17, 15) is 14.4 Å². The van der Waals surface area contributed by atoms with Crippen molar-refractivity contribution < 1.29 is 19.1 Å². The predicted octanol–water partition coefficient (Wildman–Crippen LogP) is 2.90. The summed E-state index contributed by atoms with van der Waals surface area (Å²) in [5.41, 5.74) is 0.920. The van der Waals surface area contributed by atoms with E-state index in [-0.39, 0.29) is 36.6 Å². The fourth-order valence-corrected chi connectivity index (χ4v) is 3.31. The number of carbonyl (C=O) groups excluding carboxylic acids is 3. The normalized spacial score (nSPS) is 22.7. The molecule has 0 radical (unpaired) electrons. The molecule has 1 aromatic rings. The van der Waals surface area contributed by atoms with Crippen molar-refractivity contribution in [3.05, 3.63) is 40.9 Å². The zero-order valence-corrected chi connectivity index (χ0v) is 14.1. The lowest BCUT2D eigenvalue weighted by atomic mass is 9.85. The van der Waals surface area contributed by atoms with Crippen LogP contribution in [0.4, 0.5) is 0 Å². The predicted molar refractivity (Wildman–Crippen MR) is 88.5 cm³/mol. The molecular formula is C18H18ClNO4. The largest absolute Gasteiger partial charge is 0.425 e. The van der Waals surface area contributed by atoms with Gasteiger partial charge in [-0.05, 0) is 37.5 Å². The maximum absolute atomic E-state index is 12.3. The highest BCUT2D eigenvalue weighted by molar-refractivity contribution is 6.32. The Morgan fingerprint density at radius 1 is 1.21 bits per heavy atom. The summed E-state index contributed by atoms with van der Waals surface area (Å²) < 4.78 is 5.24. The number of carbonyl (C=O) groups is 3. The van der Waals surface area contributed by atoms with Crippen molar-refractivity contribution in [2.45, 2.75) is 26.2 Å². The third-order valence-electron chi connectivity index (χ3n) is 4.45. The first kappa shape index (κ1) is 16.7. The van der Waals surface area contributed by atoms with Gasteiger partial charge in [-0.2, -0.15) is 0 Å². The summed E-state index contributed by atoms with van der Waals surface area (Å²) in [6.45, 7) is 1.91. The van der Waals surface area contributed by atoms with Crippen molar-refractivity contribution in [1.82, 2.24) is 4.90 Å². The highest BCUT2D eigenvalue weighted by atomic mass is 35.5. The van der Waals surface area contributed by atoms with Gasteiger partial charge in [0.05, 0.1) is 23.3 Å². The van der Waals surface area contributed by atoms with E-state index in [1.807, 2.05) is 25.1 Å². The summed E-state index contributed by atoms with van der Waals surface area (Å²) in [7, 11) is 0. The van der Waals surface area contributed by atoms with Crippen LogP contribution in [0.5, 0.6) is 5.75 Å². The number of aryl methyl sites for hydroxylation is 1. The van der Waals surface area contributed by atoms with Gasteiger partial charge in [0.25, 0.3) is 0 Å². The molecule has 0 N–H and O–H groups in total. The van der Waals surface area contributed by atoms with E-state index in [2.05, 4.69) is 0 Å². The SMILES string of the molecule is Cc1ccc(Cl)c(OC(=O)CCN2C(=O)[C@H]3CC=CC[C@@H]3C2=O)c1. The molecule has 1 fully saturated rings. The topological polar surface area (TPSA) is 63.7 Å². The molecule has 3 rings (SSSR count). The molecule has 0 aromatic heterocycles. The lowest BCUT2D eigenvalue weighted by Gasteiger charge is -2.14. The summed E-state index contributed by atoms with van der Waals surface area (Å²) in [5.74, 6) is -1.14. The third kappa shape index (κ3) is 3.22. The molecule has 0 unspecified atom stereocenters. The number of hydrogen-bond donors (Lipinski definition) is 0. The third-order valence-corrected chi connectivity index (χ3v) is 4.76. The number of benzene rings is 1. The van der Waals surface area contributed by atoms with Crippen LogP contribution >= 0.6 is 11.6 Å². The second kappa shape index (κ2) is 6.77. The first-order valence-electron chi connectivity index (χ1n) is 7.94. The quantitative estimate of drug-likeness (QED) is 0.363. The summed E-state index contributed by atoms with van der Waals surface area (Å²) in [4.78, 5) is 37.8. The Labute approximate surface area is 145 Å². The average molecular weight is 348 g/mol. The first-order chi connectivity index (χ1) is 11.5. The fourth-order valence-electron chi connectivity index (χ4n) is 3.15. The standard InChI is InChI=1S/C18H18ClNO4/c1-11-6-7-14(19)15(10-11)24-16(21)8-9-20-17(22)12-4-2-3-5-13(12)18(20)23/h2-3,6-7,10,12-13H,4-5,8-9H2,1H3/t12-,13-/m0/s1. The second-order valence-corrected chi connectivity index (χ2v) is 6.55. The number of allylic oxidation sites excluding steroid dienone is 2. The molecule has 0 bridgehead atoms. The van der Waals surface area contributed by atoms with Gasteiger partial charge in [0.2, 0.25) is 11.8 Å². The Morgan fingerprint density at radius 3 is 2.46 bits per heavy atom. The van der Waals surface area contributed by atoms with E-state index in [1.54, 1.807) is 12.1 Å². The second-order valence-electron chi connectivity index (χ2n) is 6.14. The summed E-state index contributed by atoms with van der Waals surface area (Å²) in [5, 5.41) is 0.347. The van der Waals surface area contributed by atoms with E-state index in [1.165, 1.54) is 4.90 Å². The highest BCUT2D eigenvalue weighted by Gasteiger charge is 2.46. The molecule has 2 aliphatic rings. The van der Waals surface area contributed by atoms with Crippen LogP contribution in [0, 0.1) is 18.8 Å². The van der Waals surface area contributed by atoms with Gasteiger partial charge in [-0.3, -0.25) is 19.3 Å². The fraction of sp³-hybridized carbons (Fsp3) is 0.389. The zero-order valence-electron chi connectivity index (χ0n) is 13.3. The molecule has 2 amide bonds. The van der Waals surface area contributed by atoms with Crippen LogP contribution < -0.4 is 4.74 Å². The van der Waals surface area contributed by atoms with Crippen LogP contribution in [0.1, 0.15) is 24.8 Å². The molecule has 0 saturated carbocycles. The van der Waals surface area contributed by atoms with Gasteiger partial charge < -0.3 is 4.74 Å². The van der Waals surface area contributed by atoms with E-state index < -0.39 is 5.97 Å². The lowest BCUT2D eigenvalue weighted by molar-refractivity contribution is -0.141. The monoisotopic (exact) mass is 347 g/mol. The molecule has 1 aliphatic heterocycles. The number of likely N-dealkylation sites (tertiary alicyclic amines) is 1. The van der Waals surface area contributed by atoms with Crippen molar-refractivity contribution in [3.63, 3.8) is 0 Å². The molecule has 1 heterocycles. The minimum Gasteiger partial charge on any atom is -0.425 e. The number of amides is 2. The van der Waals surface area contributed by atoms with Crippen molar-refractivity contribution in [3.8, 4) is 5.75 Å². The van der Waals surface area contributed by atoms with E-state index in [0.717, 1.165) is 5.56 Å². The number of esters is 1. The van der Waals surface area contributed by atoms with Gasteiger partial charge in [0.1, 0.15) is 5.75 Å². The van der Waals surface area contributed by atoms with Gasteiger partial charge >= 0.3 is 5.97 Å². The maximum atomic E-state index is 12.3. The minimum atomic E-state index is -0.518. The number of fused-ring (bicyclic) bond motifs is 1. The number of hydrogen-bond acceptors (Lipinski definition) is 4. The summed E-state index contributed by atoms with van der Waals surface area (Å²) in [6.07, 6.45) is 5.01. The minimum absolute atomic E-state index is 0.0470. The Hall–Kier alpha value is -2.14. The summed E-state index contributed by atoms with van der Waals surface area (Å²) in [6, 6.07) is 5.15. The molecule has 6 heteroatoms. The molecule has 1 saturated heterocycles. The first-order valence-corrected chi connectivity index (χ1v) is 8.32. The molecule has 1 aromatic carbocycles. The smallest absolute Gasteiger partial charge is 0.313 e. The number of nitrogens with zero attached hydrogens (tertiary/aromatic N) is 1. The lowest BCUT2D eigenvalue weighted by Crippen LogP contribution is -2.33. The van der Waals surface area contributed by atoms with E-state index in [0.29, 0.717) is 23.6 Å². The average Bonchev–Trinajstić information content (AvgIpc) is 2.81. The van der Waals surface area contributed by atoms with Crippen LogP contribution in [0.3, 0.4) is 0 Å². The van der Waals surface area contributed by atoms with Crippen molar-refractivity contribution in [2.75, 3.05) is 6.54 Å². The Morgan fingerprint density at radius 2 is 1.83 bits per heavy atom. The number of rotatable bonds is 4. The van der Waals surface area contributed by atoms with Crippen molar-refractivity contribution in [2.24, 2.45) is 11.8 Å². The van der Waals surface area contributed by atoms with Gasteiger partial charge in [0.15, 0.2) is 0 Å². The number of imide groups is 1. The molecule has 1 aliphatic carbocycles. The van der Waals surface area contributed by atoms with Crippen molar-refractivity contribution in [1.29, 1.82) is 0 Å². The zero-order chi connectivity index (χ0) is 17.3. The van der Waals surface area contributed by atoms with Crippen molar-refractivity contribution >= 4 is 29.4 Å². The van der Waals surface area contributed by atoms with Crippen LogP contribution in [0.2, 0.25) is 5.02 Å². The number of halogens is 1. The highest BCUT2D eigenvalue weighted by Crippen LogP contribution is 2.35. The number of ether oxygens (including phenoxy) is 1. The Bertz CT molecular complexity index is 702. The molecular weight excluding hydrogens is 330 g/mol. The van der Waals surface area contributed by atoms with E-state index in [4.69, 9.17) is 16.3 Å². The Kier molecular flexibility index (Phi) is 4.71. The molecule has 0 spiro atoms. The van der Waals surface area contributed by atoms with E-state index >= 15 is 0 Å². The van der Waals surface area contributed by atoms with Crippen LogP contribution in [-0.2, 0) is 14.4 Å². The van der Waals surface area contributed by atoms with Gasteiger partial charge in [-0.15, -0.1) is 0 Å². The van der Waals surface area contributed by atoms with Crippen LogP contribution in [-0.4, -0.2) is 29.2 Å². The van der Waals surface area contributed by atoms with Crippen LogP contribution in [0.15, 0.2) is 30.4 Å². The van der Waals surface area contributed by atoms with Gasteiger partial charge in [-0.1, -0.05) is 29.8 Å². The molecule has 24 heavy (non-hydrogen) atoms. The molecule has 126 valence electrons. The molecule has 5 nitrogen and oxygen atoms in total. The van der Waals surface area contributed by atoms with Gasteiger partial charge in [-0.25, -0.2) is 0 Å². The summed E-state index contributed by atoms with van der Waals surface area (Å²) >= 11 is 5.99. The van der Waals surface area contributed by atoms with Gasteiger partial charge in [0, 0.05) is 6.54 Å². The molecule has 2 atom stereocenters.